The first-order valence-corrected chi connectivity index (χ1v) is 8.41. The largest absolute Gasteiger partial charge is 0.329 e. The maximum Gasteiger partial charge on any atom is 0.0359 e. The van der Waals surface area contributed by atoms with E-state index >= 15 is 0 Å². The lowest BCUT2D eigenvalue weighted by Gasteiger charge is -2.52. The third-order valence-corrected chi connectivity index (χ3v) is 4.82. The maximum atomic E-state index is 6.31. The van der Waals surface area contributed by atoms with Gasteiger partial charge in [-0.25, -0.2) is 0 Å². The smallest absolute Gasteiger partial charge is 0.0359 e. The summed E-state index contributed by atoms with van der Waals surface area (Å²) in [6.45, 7) is 14.9. The van der Waals surface area contributed by atoms with Crippen LogP contribution in [0.3, 0.4) is 0 Å². The van der Waals surface area contributed by atoms with E-state index in [9.17, 15) is 0 Å². The summed E-state index contributed by atoms with van der Waals surface area (Å²) in [4.78, 5) is 2.76. The molecule has 0 aromatic carbocycles. The zero-order valence-electron chi connectivity index (χ0n) is 13.9. The average molecular weight is 268 g/mol. The van der Waals surface area contributed by atoms with Crippen molar-refractivity contribution in [2.45, 2.75) is 72.3 Å². The first-order chi connectivity index (χ1) is 8.96. The Kier molecular flexibility index (Phi) is 6.82. The highest BCUT2D eigenvalue weighted by atomic mass is 15.2. The lowest BCUT2D eigenvalue weighted by molar-refractivity contribution is -0.0109. The van der Waals surface area contributed by atoms with Gasteiger partial charge in [-0.15, -0.1) is 0 Å². The Balaban J connectivity index is 2.96. The molecule has 2 N–H and O–H groups in total. The van der Waals surface area contributed by atoms with Gasteiger partial charge in [-0.1, -0.05) is 53.9 Å². The molecule has 2 heteroatoms. The van der Waals surface area contributed by atoms with Crippen LogP contribution in [0.1, 0.15) is 66.7 Å². The lowest BCUT2D eigenvalue weighted by Crippen LogP contribution is -2.61. The molecule has 1 fully saturated rings. The van der Waals surface area contributed by atoms with Crippen LogP contribution in [-0.2, 0) is 0 Å². The minimum absolute atomic E-state index is 0.279. The molecule has 0 aromatic heterocycles. The maximum absolute atomic E-state index is 6.31. The summed E-state index contributed by atoms with van der Waals surface area (Å²) in [6, 6.07) is 0. The summed E-state index contributed by atoms with van der Waals surface area (Å²) in [5.74, 6) is 2.24. The van der Waals surface area contributed by atoms with Crippen LogP contribution in [0.2, 0.25) is 0 Å². The molecule has 1 aliphatic carbocycles. The highest BCUT2D eigenvalue weighted by molar-refractivity contribution is 5.00. The molecule has 0 bridgehead atoms. The number of nitrogens with two attached hydrogens (primary N) is 1. The highest BCUT2D eigenvalue weighted by Gasteiger charge is 2.43. The van der Waals surface area contributed by atoms with E-state index in [1.165, 1.54) is 45.2 Å². The standard InChI is InChI=1S/C17H36N2/c1-6-16-9-7-8-10-17(16,13-18)19(11-14(2)3)12-15(4)5/h14-16H,6-13,18H2,1-5H3. The van der Waals surface area contributed by atoms with E-state index in [4.69, 9.17) is 5.73 Å². The molecule has 1 saturated carbocycles. The molecule has 0 aromatic rings. The van der Waals surface area contributed by atoms with E-state index in [1.54, 1.807) is 0 Å². The first-order valence-electron chi connectivity index (χ1n) is 8.41. The van der Waals surface area contributed by atoms with Gasteiger partial charge in [0.1, 0.15) is 0 Å². The number of hydrogen-bond donors (Lipinski definition) is 1. The van der Waals surface area contributed by atoms with Crippen molar-refractivity contribution in [2.75, 3.05) is 19.6 Å². The monoisotopic (exact) mass is 268 g/mol. The second-order valence-electron chi connectivity index (χ2n) is 7.35. The van der Waals surface area contributed by atoms with Crippen molar-refractivity contribution in [3.8, 4) is 0 Å². The first kappa shape index (κ1) is 17.0. The van der Waals surface area contributed by atoms with E-state index in [-0.39, 0.29) is 5.54 Å². The molecule has 0 radical (unpaired) electrons. The molecular formula is C17H36N2. The Morgan fingerprint density at radius 2 is 1.68 bits per heavy atom. The van der Waals surface area contributed by atoms with Gasteiger partial charge in [0, 0.05) is 25.2 Å². The molecule has 19 heavy (non-hydrogen) atoms. The van der Waals surface area contributed by atoms with Crippen LogP contribution in [0.15, 0.2) is 0 Å². The minimum atomic E-state index is 0.279. The summed E-state index contributed by atoms with van der Waals surface area (Å²) in [7, 11) is 0. The van der Waals surface area contributed by atoms with Crippen molar-refractivity contribution >= 4 is 0 Å². The van der Waals surface area contributed by atoms with Gasteiger partial charge in [-0.2, -0.15) is 0 Å². The van der Waals surface area contributed by atoms with Crippen LogP contribution in [0.25, 0.3) is 0 Å². The fraction of sp³-hybridized carbons (Fsp3) is 1.00. The van der Waals surface area contributed by atoms with E-state index in [2.05, 4.69) is 39.5 Å². The zero-order chi connectivity index (χ0) is 14.5. The molecule has 0 spiro atoms. The second kappa shape index (κ2) is 7.64. The summed E-state index contributed by atoms with van der Waals surface area (Å²) in [5.41, 5.74) is 6.59. The molecule has 0 amide bonds. The van der Waals surface area contributed by atoms with Crippen LogP contribution in [0.5, 0.6) is 0 Å². The van der Waals surface area contributed by atoms with Crippen LogP contribution < -0.4 is 5.73 Å². The van der Waals surface area contributed by atoms with Crippen LogP contribution in [-0.4, -0.2) is 30.1 Å². The molecule has 0 heterocycles. The predicted molar refractivity (Wildman–Crippen MR) is 85.3 cm³/mol. The van der Waals surface area contributed by atoms with Crippen molar-refractivity contribution in [3.05, 3.63) is 0 Å². The number of rotatable bonds is 7. The van der Waals surface area contributed by atoms with Crippen molar-refractivity contribution in [2.24, 2.45) is 23.5 Å². The topological polar surface area (TPSA) is 29.3 Å². The molecule has 1 rings (SSSR count). The molecular weight excluding hydrogens is 232 g/mol. The fourth-order valence-electron chi connectivity index (χ4n) is 4.01. The Labute approximate surface area is 121 Å². The van der Waals surface area contributed by atoms with E-state index in [0.717, 1.165) is 24.3 Å². The summed E-state index contributed by atoms with van der Waals surface area (Å²) in [6.07, 6.45) is 6.73. The molecule has 1 aliphatic rings. The van der Waals surface area contributed by atoms with Gasteiger partial charge in [0.25, 0.3) is 0 Å². The third-order valence-electron chi connectivity index (χ3n) is 4.82. The summed E-state index contributed by atoms with van der Waals surface area (Å²) < 4.78 is 0. The Bertz CT molecular complexity index is 240. The zero-order valence-corrected chi connectivity index (χ0v) is 13.9. The van der Waals surface area contributed by atoms with E-state index < -0.39 is 0 Å². The summed E-state index contributed by atoms with van der Waals surface area (Å²) >= 11 is 0. The highest BCUT2D eigenvalue weighted by Crippen LogP contribution is 2.40. The van der Waals surface area contributed by atoms with Gasteiger partial charge in [-0.05, 0) is 30.6 Å². The molecule has 2 atom stereocenters. The SMILES string of the molecule is CCC1CCCCC1(CN)N(CC(C)C)CC(C)C. The molecule has 0 aliphatic heterocycles. The molecule has 114 valence electrons. The van der Waals surface area contributed by atoms with E-state index in [1.807, 2.05) is 0 Å². The van der Waals surface area contributed by atoms with Crippen molar-refractivity contribution < 1.29 is 0 Å². The minimum Gasteiger partial charge on any atom is -0.329 e. The quantitative estimate of drug-likeness (QED) is 0.759. The average Bonchev–Trinajstić information content (AvgIpc) is 2.36. The summed E-state index contributed by atoms with van der Waals surface area (Å²) in [5, 5.41) is 0. The van der Waals surface area contributed by atoms with Gasteiger partial charge >= 0.3 is 0 Å². The van der Waals surface area contributed by atoms with Gasteiger partial charge in [0.15, 0.2) is 0 Å². The lowest BCUT2D eigenvalue weighted by atomic mass is 9.70. The van der Waals surface area contributed by atoms with Gasteiger partial charge in [-0.3, -0.25) is 4.90 Å². The Hall–Kier alpha value is -0.0800. The molecule has 2 nitrogen and oxygen atoms in total. The molecule has 0 saturated heterocycles. The van der Waals surface area contributed by atoms with Gasteiger partial charge in [0.05, 0.1) is 0 Å². The Morgan fingerprint density at radius 3 is 2.11 bits per heavy atom. The van der Waals surface area contributed by atoms with Gasteiger partial charge in [0.2, 0.25) is 0 Å². The van der Waals surface area contributed by atoms with Gasteiger partial charge < -0.3 is 5.73 Å². The number of hydrogen-bond acceptors (Lipinski definition) is 2. The van der Waals surface area contributed by atoms with Crippen LogP contribution >= 0.6 is 0 Å². The normalized spacial score (nSPS) is 28.6. The van der Waals surface area contributed by atoms with Crippen molar-refractivity contribution in [3.63, 3.8) is 0 Å². The number of nitrogens with zero attached hydrogens (tertiary/aromatic N) is 1. The fourth-order valence-corrected chi connectivity index (χ4v) is 4.01. The predicted octanol–water partition coefficient (Wildman–Crippen LogP) is 3.90. The third kappa shape index (κ3) is 4.19. The van der Waals surface area contributed by atoms with Crippen molar-refractivity contribution in [1.82, 2.24) is 4.90 Å². The van der Waals surface area contributed by atoms with E-state index in [0.29, 0.717) is 0 Å². The van der Waals surface area contributed by atoms with Crippen LogP contribution in [0, 0.1) is 17.8 Å². The molecule has 2 unspecified atom stereocenters. The van der Waals surface area contributed by atoms with Crippen LogP contribution in [0.4, 0.5) is 0 Å². The second-order valence-corrected chi connectivity index (χ2v) is 7.35. The van der Waals surface area contributed by atoms with Crippen molar-refractivity contribution in [1.29, 1.82) is 0 Å². The Morgan fingerprint density at radius 1 is 1.11 bits per heavy atom.